The lowest BCUT2D eigenvalue weighted by Gasteiger charge is -2.16. The van der Waals surface area contributed by atoms with Crippen molar-refractivity contribution >= 4 is 11.6 Å². The van der Waals surface area contributed by atoms with Crippen molar-refractivity contribution in [2.75, 3.05) is 0 Å². The van der Waals surface area contributed by atoms with E-state index >= 15 is 0 Å². The molecule has 0 aliphatic rings. The molecule has 0 atom stereocenters. The van der Waals surface area contributed by atoms with Gasteiger partial charge in [0, 0.05) is 39.1 Å². The zero-order valence-electron chi connectivity index (χ0n) is 34.5. The van der Waals surface area contributed by atoms with Crippen molar-refractivity contribution in [2.45, 2.75) is 221 Å². The highest BCUT2D eigenvalue weighted by Gasteiger charge is 2.16. The molecule has 0 amide bonds. The van der Waals surface area contributed by atoms with Gasteiger partial charge in [-0.2, -0.15) is 0 Å². The Morgan fingerprint density at radius 1 is 0.434 bits per heavy atom. The maximum Gasteiger partial charge on any atom is 0.224 e. The average molecular weight is 737 g/mol. The summed E-state index contributed by atoms with van der Waals surface area (Å²) in [6, 6.07) is 2.64. The van der Waals surface area contributed by atoms with E-state index < -0.39 is 10.9 Å². The van der Waals surface area contributed by atoms with Crippen LogP contribution in [-0.2, 0) is 13.1 Å². The summed E-state index contributed by atoms with van der Waals surface area (Å²) in [7, 11) is 0. The zero-order valence-corrected chi connectivity index (χ0v) is 34.5. The van der Waals surface area contributed by atoms with Crippen molar-refractivity contribution in [1.29, 1.82) is 0 Å². The summed E-state index contributed by atoms with van der Waals surface area (Å²) in [6.45, 7) is 8.64. The Morgan fingerprint density at radius 3 is 0.925 bits per heavy atom. The van der Waals surface area contributed by atoms with E-state index in [0.29, 0.717) is 24.5 Å². The molecule has 0 aliphatic carbocycles. The molecule has 2 aromatic rings. The van der Waals surface area contributed by atoms with E-state index in [1.54, 1.807) is 21.5 Å². The van der Waals surface area contributed by atoms with Crippen molar-refractivity contribution in [3.8, 4) is 11.5 Å². The molecule has 2 rings (SSSR count). The number of carbonyl (C=O) groups excluding carboxylic acids is 2. The lowest BCUT2D eigenvalue weighted by molar-refractivity contribution is 0.0995. The van der Waals surface area contributed by atoms with E-state index in [1.807, 2.05) is 0 Å². The van der Waals surface area contributed by atoms with Gasteiger partial charge in [0.15, 0.2) is 23.1 Å². The Morgan fingerprint density at radius 2 is 0.679 bits per heavy atom. The average Bonchev–Trinajstić information content (AvgIpc) is 3.13. The number of ether oxygens (including phenoxy) is 1. The molecule has 7 heteroatoms. The number of Topliss-reactive ketones (excluding diaryl/α,β-unsaturated/α-hetero) is 2. The highest BCUT2D eigenvalue weighted by molar-refractivity contribution is 5.93. The van der Waals surface area contributed by atoms with E-state index in [9.17, 15) is 19.2 Å². The summed E-state index contributed by atoms with van der Waals surface area (Å²) in [4.78, 5) is 50.9. The van der Waals surface area contributed by atoms with Crippen LogP contribution >= 0.6 is 0 Å². The fraction of sp³-hybridized carbons (Fsp3) is 0.739. The largest absolute Gasteiger partial charge is 0.446 e. The van der Waals surface area contributed by atoms with Gasteiger partial charge in [0.25, 0.3) is 0 Å². The van der Waals surface area contributed by atoms with Gasteiger partial charge < -0.3 is 13.9 Å². The van der Waals surface area contributed by atoms with Crippen molar-refractivity contribution in [3.63, 3.8) is 0 Å². The molecular formula is C46H76N2O5. The molecule has 300 valence electrons. The summed E-state index contributed by atoms with van der Waals surface area (Å²) in [6.07, 6.45) is 38.6. The molecule has 0 spiro atoms. The molecule has 0 bridgehead atoms. The van der Waals surface area contributed by atoms with Crippen LogP contribution in [0.25, 0.3) is 0 Å². The minimum absolute atomic E-state index is 0.0103. The van der Waals surface area contributed by atoms with E-state index in [4.69, 9.17) is 4.74 Å². The normalized spacial score (nSPS) is 11.3. The first kappa shape index (κ1) is 46.2. The molecule has 0 N–H and O–H groups in total. The molecular weight excluding hydrogens is 661 g/mol. The molecule has 0 saturated heterocycles. The first-order valence-corrected chi connectivity index (χ1v) is 22.0. The van der Waals surface area contributed by atoms with Gasteiger partial charge in [0.2, 0.25) is 10.9 Å². The molecule has 0 unspecified atom stereocenters. The van der Waals surface area contributed by atoms with E-state index in [-0.39, 0.29) is 23.1 Å². The minimum Gasteiger partial charge on any atom is -0.446 e. The Balaban J connectivity index is 1.83. The molecule has 7 nitrogen and oxygen atoms in total. The number of unbranched alkanes of at least 4 members (excludes halogenated alkanes) is 26. The Hall–Kier alpha value is -2.96. The smallest absolute Gasteiger partial charge is 0.224 e. The summed E-state index contributed by atoms with van der Waals surface area (Å²) >= 11 is 0. The molecule has 0 aromatic carbocycles. The zero-order chi connectivity index (χ0) is 38.5. The van der Waals surface area contributed by atoms with Gasteiger partial charge in [0.05, 0.1) is 23.8 Å². The van der Waals surface area contributed by atoms with E-state index in [0.717, 1.165) is 38.5 Å². The molecule has 53 heavy (non-hydrogen) atoms. The lowest BCUT2D eigenvalue weighted by Crippen LogP contribution is -2.20. The fourth-order valence-corrected chi connectivity index (χ4v) is 7.31. The third-order valence-electron chi connectivity index (χ3n) is 10.6. The van der Waals surface area contributed by atoms with Crippen LogP contribution in [0.4, 0.5) is 0 Å². The maximum atomic E-state index is 13.0. The highest BCUT2D eigenvalue weighted by Crippen LogP contribution is 2.20. The van der Waals surface area contributed by atoms with E-state index in [2.05, 4.69) is 13.8 Å². The summed E-state index contributed by atoms with van der Waals surface area (Å²) in [5.74, 6) is -0.340. The van der Waals surface area contributed by atoms with Crippen molar-refractivity contribution in [1.82, 2.24) is 9.13 Å². The van der Waals surface area contributed by atoms with Crippen LogP contribution in [0.5, 0.6) is 11.5 Å². The quantitative estimate of drug-likeness (QED) is 0.0527. The van der Waals surface area contributed by atoms with Crippen LogP contribution in [0, 0.1) is 0 Å². The third kappa shape index (κ3) is 20.3. The lowest BCUT2D eigenvalue weighted by atomic mass is 10.0. The Kier molecular flexibility index (Phi) is 25.6. The van der Waals surface area contributed by atoms with Gasteiger partial charge in [-0.3, -0.25) is 19.2 Å². The first-order valence-electron chi connectivity index (χ1n) is 22.0. The number of nitrogens with zero attached hydrogens (tertiary/aromatic N) is 2. The predicted octanol–water partition coefficient (Wildman–Crippen LogP) is 13.2. The van der Waals surface area contributed by atoms with Gasteiger partial charge in [0.1, 0.15) is 0 Å². The number of rotatable bonds is 34. The summed E-state index contributed by atoms with van der Waals surface area (Å²) < 4.78 is 9.53. The van der Waals surface area contributed by atoms with Gasteiger partial charge in [-0.05, 0) is 12.8 Å². The Bertz CT molecular complexity index is 1300. The molecule has 2 heterocycles. The SMILES string of the molecule is CCCCCCCCCCCCCCCCn1cc(Oc2cn(CCCCCCCCCCCCCCCC)c(C(C)=O)cc2=O)c(=O)cc1C(C)=O. The second-order valence-electron chi connectivity index (χ2n) is 15.6. The second kappa shape index (κ2) is 29.4. The predicted molar refractivity (Wildman–Crippen MR) is 222 cm³/mol. The van der Waals surface area contributed by atoms with Crippen molar-refractivity contribution in [3.05, 3.63) is 56.4 Å². The number of carbonyl (C=O) groups is 2. The number of hydrogen-bond donors (Lipinski definition) is 0. The number of hydrogen-bond acceptors (Lipinski definition) is 5. The van der Waals surface area contributed by atoms with Gasteiger partial charge in [-0.15, -0.1) is 0 Å². The van der Waals surface area contributed by atoms with Crippen molar-refractivity contribution < 1.29 is 14.3 Å². The van der Waals surface area contributed by atoms with Crippen LogP contribution in [0.15, 0.2) is 34.1 Å². The highest BCUT2D eigenvalue weighted by atomic mass is 16.5. The van der Waals surface area contributed by atoms with Gasteiger partial charge in [-0.25, -0.2) is 0 Å². The Labute approximate surface area is 322 Å². The maximum absolute atomic E-state index is 13.0. The van der Waals surface area contributed by atoms with Crippen molar-refractivity contribution in [2.24, 2.45) is 0 Å². The molecule has 0 aliphatic heterocycles. The van der Waals surface area contributed by atoms with Crippen LogP contribution in [-0.4, -0.2) is 20.7 Å². The monoisotopic (exact) mass is 737 g/mol. The minimum atomic E-state index is -0.444. The molecule has 0 fully saturated rings. The van der Waals surface area contributed by atoms with Gasteiger partial charge in [-0.1, -0.05) is 181 Å². The number of aryl methyl sites for hydroxylation is 2. The number of ketones is 2. The van der Waals surface area contributed by atoms with Crippen LogP contribution in [0.1, 0.15) is 228 Å². The fourth-order valence-electron chi connectivity index (χ4n) is 7.31. The second-order valence-corrected chi connectivity index (χ2v) is 15.6. The number of pyridine rings is 2. The van der Waals surface area contributed by atoms with Crippen LogP contribution in [0.2, 0.25) is 0 Å². The standard InChI is InChI=1S/C46H76N2O5/c1-5-7-9-11-13-15-17-19-21-23-25-27-29-31-33-47-37-45(43(51)35-41(47)39(3)49)53-46-38-48(42(40(4)50)36-44(46)52)34-32-30-28-26-24-22-20-18-16-14-12-10-8-6-2/h35-38H,5-34H2,1-4H3. The van der Waals surface area contributed by atoms with Crippen LogP contribution < -0.4 is 15.6 Å². The third-order valence-corrected chi connectivity index (χ3v) is 10.6. The molecule has 0 saturated carbocycles. The summed E-state index contributed by atoms with van der Waals surface area (Å²) in [5, 5.41) is 0. The molecule has 0 radical (unpaired) electrons. The first-order chi connectivity index (χ1) is 25.8. The van der Waals surface area contributed by atoms with E-state index in [1.165, 1.54) is 167 Å². The van der Waals surface area contributed by atoms with Gasteiger partial charge >= 0.3 is 0 Å². The number of aromatic nitrogens is 2. The summed E-state index contributed by atoms with van der Waals surface area (Å²) in [5.41, 5.74) is -0.194. The van der Waals surface area contributed by atoms with Crippen LogP contribution in [0.3, 0.4) is 0 Å². The topological polar surface area (TPSA) is 87.4 Å². The molecule has 2 aromatic heterocycles.